The first-order valence-electron chi connectivity index (χ1n) is 10.3. The molecule has 7 nitrogen and oxygen atoms in total. The Morgan fingerprint density at radius 1 is 1.06 bits per heavy atom. The molecule has 1 atom stereocenters. The van der Waals surface area contributed by atoms with E-state index < -0.39 is 0 Å². The van der Waals surface area contributed by atoms with Gasteiger partial charge in [-0.25, -0.2) is 5.01 Å². The maximum atomic E-state index is 13.1. The summed E-state index contributed by atoms with van der Waals surface area (Å²) in [5, 5.41) is 15.2. The number of hydrogen-bond acceptors (Lipinski definition) is 7. The van der Waals surface area contributed by atoms with Gasteiger partial charge in [-0.1, -0.05) is 65.8 Å². The highest BCUT2D eigenvalue weighted by Crippen LogP contribution is 2.34. The number of furan rings is 1. The van der Waals surface area contributed by atoms with Crippen LogP contribution < -0.4 is 0 Å². The molecule has 1 amide bonds. The van der Waals surface area contributed by atoms with E-state index in [0.29, 0.717) is 34.7 Å². The van der Waals surface area contributed by atoms with Crippen LogP contribution in [0.4, 0.5) is 0 Å². The van der Waals surface area contributed by atoms with Crippen LogP contribution in [0.25, 0.3) is 0 Å². The van der Waals surface area contributed by atoms with Crippen molar-refractivity contribution >= 4 is 35.0 Å². The Kier molecular flexibility index (Phi) is 6.28. The number of amides is 1. The quantitative estimate of drug-likeness (QED) is 0.332. The third-order valence-electron chi connectivity index (χ3n) is 5.18. The molecule has 5 rings (SSSR count). The molecule has 0 spiro atoms. The number of aromatic nitrogens is 2. The molecule has 3 heterocycles. The van der Waals surface area contributed by atoms with Gasteiger partial charge in [-0.15, -0.1) is 10.2 Å². The van der Waals surface area contributed by atoms with Crippen LogP contribution in [-0.4, -0.2) is 32.6 Å². The summed E-state index contributed by atoms with van der Waals surface area (Å²) < 4.78 is 11.3. The van der Waals surface area contributed by atoms with Crippen LogP contribution in [0.15, 0.2) is 92.2 Å². The van der Waals surface area contributed by atoms with E-state index in [1.165, 1.54) is 16.8 Å². The van der Waals surface area contributed by atoms with E-state index in [1.807, 2.05) is 60.7 Å². The van der Waals surface area contributed by atoms with E-state index in [-0.39, 0.29) is 17.7 Å². The topological polar surface area (TPSA) is 84.7 Å². The van der Waals surface area contributed by atoms with E-state index in [2.05, 4.69) is 15.3 Å². The summed E-state index contributed by atoms with van der Waals surface area (Å²) in [6.45, 7) is 0. The van der Waals surface area contributed by atoms with Crippen LogP contribution in [0.5, 0.6) is 0 Å². The Balaban J connectivity index is 1.28. The third kappa shape index (κ3) is 5.02. The number of benzene rings is 2. The highest BCUT2D eigenvalue weighted by atomic mass is 35.5. The SMILES string of the molecule is O=C(CSc1nnc(Cc2ccccc2)o1)N1N=C(c2ccc(Cl)cc2)C[C@H]1c1ccco1. The second-order valence-electron chi connectivity index (χ2n) is 7.44. The normalized spacial score (nSPS) is 15.6. The Morgan fingerprint density at radius 3 is 2.64 bits per heavy atom. The van der Waals surface area contributed by atoms with E-state index in [0.717, 1.165) is 16.8 Å². The van der Waals surface area contributed by atoms with Crippen molar-refractivity contribution in [3.8, 4) is 0 Å². The van der Waals surface area contributed by atoms with Crippen LogP contribution in [0.3, 0.4) is 0 Å². The molecule has 9 heteroatoms. The predicted molar refractivity (Wildman–Crippen MR) is 125 cm³/mol. The van der Waals surface area contributed by atoms with Gasteiger partial charge >= 0.3 is 0 Å². The molecule has 0 bridgehead atoms. The molecule has 4 aromatic rings. The van der Waals surface area contributed by atoms with Crippen LogP contribution in [-0.2, 0) is 11.2 Å². The van der Waals surface area contributed by atoms with E-state index in [9.17, 15) is 4.79 Å². The molecule has 1 aliphatic rings. The number of thioether (sulfide) groups is 1. The lowest BCUT2D eigenvalue weighted by Crippen LogP contribution is -2.28. The van der Waals surface area contributed by atoms with Gasteiger partial charge in [0.2, 0.25) is 5.89 Å². The number of hydrazone groups is 1. The zero-order valence-electron chi connectivity index (χ0n) is 17.4. The van der Waals surface area contributed by atoms with Crippen molar-refractivity contribution in [2.75, 3.05) is 5.75 Å². The summed E-state index contributed by atoms with van der Waals surface area (Å²) in [6.07, 6.45) is 2.69. The van der Waals surface area contributed by atoms with Gasteiger partial charge in [0.1, 0.15) is 11.8 Å². The minimum absolute atomic E-state index is 0.113. The minimum Gasteiger partial charge on any atom is -0.467 e. The van der Waals surface area contributed by atoms with Gasteiger partial charge in [0.05, 0.1) is 24.1 Å². The van der Waals surface area contributed by atoms with Crippen LogP contribution in [0, 0.1) is 0 Å². The standard InChI is InChI=1S/C24H19ClN4O3S/c25-18-10-8-17(9-11-18)19-14-20(21-7-4-12-31-21)29(28-19)23(30)15-33-24-27-26-22(32-24)13-16-5-2-1-3-6-16/h1-12,20H,13-15H2/t20-/m0/s1. The fourth-order valence-corrected chi connectivity index (χ4v) is 4.35. The number of carbonyl (C=O) groups excluding carboxylic acids is 1. The van der Waals surface area contributed by atoms with Gasteiger partial charge in [-0.3, -0.25) is 4.79 Å². The average molecular weight is 479 g/mol. The Morgan fingerprint density at radius 2 is 1.88 bits per heavy atom. The lowest BCUT2D eigenvalue weighted by molar-refractivity contribution is -0.130. The van der Waals surface area contributed by atoms with Crippen LogP contribution >= 0.6 is 23.4 Å². The molecule has 1 aliphatic heterocycles. The van der Waals surface area contributed by atoms with Gasteiger partial charge in [0.15, 0.2) is 0 Å². The molecule has 0 fully saturated rings. The largest absolute Gasteiger partial charge is 0.467 e. The zero-order chi connectivity index (χ0) is 22.6. The molecule has 0 N–H and O–H groups in total. The Labute approximate surface area is 199 Å². The summed E-state index contributed by atoms with van der Waals surface area (Å²) in [6, 6.07) is 20.6. The number of halogens is 1. The number of rotatable bonds is 7. The zero-order valence-corrected chi connectivity index (χ0v) is 19.0. The summed E-state index contributed by atoms with van der Waals surface area (Å²) in [7, 11) is 0. The smallest absolute Gasteiger partial charge is 0.277 e. The van der Waals surface area contributed by atoms with Crippen molar-refractivity contribution in [1.82, 2.24) is 15.2 Å². The molecule has 0 radical (unpaired) electrons. The summed E-state index contributed by atoms with van der Waals surface area (Å²) >= 11 is 7.21. The highest BCUT2D eigenvalue weighted by molar-refractivity contribution is 7.99. The minimum atomic E-state index is -0.310. The van der Waals surface area contributed by atoms with Gasteiger partial charge in [0.25, 0.3) is 11.1 Å². The number of carbonyl (C=O) groups is 1. The maximum absolute atomic E-state index is 13.1. The van der Waals surface area contributed by atoms with E-state index >= 15 is 0 Å². The molecule has 0 saturated carbocycles. The first-order valence-corrected chi connectivity index (χ1v) is 11.7. The molecular weight excluding hydrogens is 460 g/mol. The van der Waals surface area contributed by atoms with Gasteiger partial charge in [-0.05, 0) is 35.4 Å². The predicted octanol–water partition coefficient (Wildman–Crippen LogP) is 5.38. The summed E-state index contributed by atoms with van der Waals surface area (Å²) in [5.41, 5.74) is 2.80. The molecule has 2 aromatic heterocycles. The van der Waals surface area contributed by atoms with Gasteiger partial charge in [0, 0.05) is 11.4 Å². The Hall–Kier alpha value is -3.36. The second-order valence-corrected chi connectivity index (χ2v) is 8.80. The van der Waals surface area contributed by atoms with Crippen molar-refractivity contribution in [1.29, 1.82) is 0 Å². The third-order valence-corrected chi connectivity index (χ3v) is 6.24. The Bertz CT molecular complexity index is 1260. The van der Waals surface area contributed by atoms with Crippen LogP contribution in [0.1, 0.15) is 35.2 Å². The molecular formula is C24H19ClN4O3S. The average Bonchev–Trinajstić information content (AvgIpc) is 3.59. The van der Waals surface area contributed by atoms with Crippen molar-refractivity contribution in [2.45, 2.75) is 24.1 Å². The van der Waals surface area contributed by atoms with Crippen molar-refractivity contribution in [3.05, 3.63) is 101 Å². The highest BCUT2D eigenvalue weighted by Gasteiger charge is 2.35. The first-order chi connectivity index (χ1) is 16.2. The lowest BCUT2D eigenvalue weighted by Gasteiger charge is -2.19. The lowest BCUT2D eigenvalue weighted by atomic mass is 10.0. The molecule has 33 heavy (non-hydrogen) atoms. The maximum Gasteiger partial charge on any atom is 0.277 e. The summed E-state index contributed by atoms with van der Waals surface area (Å²) in [5.74, 6) is 1.13. The first kappa shape index (κ1) is 21.5. The number of nitrogens with zero attached hydrogens (tertiary/aromatic N) is 4. The molecule has 0 aliphatic carbocycles. The van der Waals surface area contributed by atoms with Crippen LogP contribution in [0.2, 0.25) is 5.02 Å². The molecule has 2 aromatic carbocycles. The monoisotopic (exact) mass is 478 g/mol. The molecule has 0 saturated heterocycles. The van der Waals surface area contributed by atoms with Gasteiger partial charge in [-0.2, -0.15) is 5.10 Å². The van der Waals surface area contributed by atoms with Crippen molar-refractivity contribution in [2.24, 2.45) is 5.10 Å². The summed E-state index contributed by atoms with van der Waals surface area (Å²) in [4.78, 5) is 13.1. The van der Waals surface area contributed by atoms with E-state index in [4.69, 9.17) is 20.4 Å². The van der Waals surface area contributed by atoms with Gasteiger partial charge < -0.3 is 8.83 Å². The fourth-order valence-electron chi connectivity index (χ4n) is 3.59. The molecule has 166 valence electrons. The van der Waals surface area contributed by atoms with Crippen molar-refractivity contribution in [3.63, 3.8) is 0 Å². The second kappa shape index (κ2) is 9.64. The number of hydrogen-bond donors (Lipinski definition) is 0. The van der Waals surface area contributed by atoms with E-state index in [1.54, 1.807) is 12.3 Å². The van der Waals surface area contributed by atoms with Crippen molar-refractivity contribution < 1.29 is 13.6 Å². The fraction of sp³-hybridized carbons (Fsp3) is 0.167. The molecule has 0 unspecified atom stereocenters.